The van der Waals surface area contributed by atoms with Crippen molar-refractivity contribution in [3.05, 3.63) is 0 Å². The lowest BCUT2D eigenvalue weighted by molar-refractivity contribution is -0.136. The van der Waals surface area contributed by atoms with Crippen molar-refractivity contribution in [2.75, 3.05) is 6.61 Å². The number of ether oxygens (including phenoxy) is 1. The van der Waals surface area contributed by atoms with Gasteiger partial charge in [-0.25, -0.2) is 8.42 Å². The number of carboxylic acids is 1. The van der Waals surface area contributed by atoms with Crippen molar-refractivity contribution in [1.82, 2.24) is 0 Å². The Morgan fingerprint density at radius 2 is 2.00 bits per heavy atom. The summed E-state index contributed by atoms with van der Waals surface area (Å²) < 4.78 is 31.0. The Morgan fingerprint density at radius 1 is 1.35 bits per heavy atom. The highest BCUT2D eigenvalue weighted by Gasteiger charge is 2.46. The van der Waals surface area contributed by atoms with Crippen LogP contribution >= 0.6 is 0 Å². The van der Waals surface area contributed by atoms with E-state index in [-0.39, 0.29) is 12.0 Å². The molecule has 1 aliphatic carbocycles. The second-order valence-corrected chi connectivity index (χ2v) is 8.44. The molecule has 2 unspecified atom stereocenters. The van der Waals surface area contributed by atoms with Crippen LogP contribution in [0.3, 0.4) is 0 Å². The highest BCUT2D eigenvalue weighted by molar-refractivity contribution is 7.93. The maximum atomic E-state index is 12.5. The van der Waals surface area contributed by atoms with Crippen LogP contribution in [0.1, 0.15) is 58.3 Å². The van der Waals surface area contributed by atoms with Crippen LogP contribution < -0.4 is 0 Å². The number of sulfone groups is 1. The molecule has 6 heteroatoms. The minimum Gasteiger partial charge on any atom is -0.480 e. The molecule has 116 valence electrons. The molecule has 20 heavy (non-hydrogen) atoms. The van der Waals surface area contributed by atoms with Gasteiger partial charge in [-0.2, -0.15) is 0 Å². The SMILES string of the molecule is CCC(C(=O)O)S(=O)(=O)C1CCOC2(CCCCC2)C1. The predicted octanol–water partition coefficient (Wildman–Crippen LogP) is 2.15. The molecule has 1 saturated carbocycles. The van der Waals surface area contributed by atoms with Crippen molar-refractivity contribution >= 4 is 15.8 Å². The molecule has 1 saturated heterocycles. The maximum Gasteiger partial charge on any atom is 0.321 e. The topological polar surface area (TPSA) is 80.7 Å². The van der Waals surface area contributed by atoms with E-state index in [1.807, 2.05) is 0 Å². The van der Waals surface area contributed by atoms with E-state index in [1.165, 1.54) is 6.42 Å². The van der Waals surface area contributed by atoms with Gasteiger partial charge in [0.15, 0.2) is 15.1 Å². The Hall–Kier alpha value is -0.620. The standard InChI is InChI=1S/C14H24O5S/c1-2-12(13(15)16)20(17,18)11-6-9-19-14(10-11)7-4-3-5-8-14/h11-12H,2-10H2,1H3,(H,15,16). The summed E-state index contributed by atoms with van der Waals surface area (Å²) in [4.78, 5) is 11.2. The van der Waals surface area contributed by atoms with Crippen LogP contribution in [-0.4, -0.2) is 42.2 Å². The molecule has 1 heterocycles. The van der Waals surface area contributed by atoms with Gasteiger partial charge in [-0.05, 0) is 32.1 Å². The molecule has 2 rings (SSSR count). The Kier molecular flexibility index (Phi) is 4.74. The van der Waals surface area contributed by atoms with E-state index >= 15 is 0 Å². The Morgan fingerprint density at radius 3 is 2.55 bits per heavy atom. The second-order valence-electron chi connectivity index (χ2n) is 6.03. The zero-order valence-electron chi connectivity index (χ0n) is 12.0. The van der Waals surface area contributed by atoms with Crippen LogP contribution in [0.4, 0.5) is 0 Å². The van der Waals surface area contributed by atoms with Crippen LogP contribution in [0, 0.1) is 0 Å². The summed E-state index contributed by atoms with van der Waals surface area (Å²) >= 11 is 0. The van der Waals surface area contributed by atoms with Crippen molar-refractivity contribution in [1.29, 1.82) is 0 Å². The number of aliphatic carboxylic acids is 1. The van der Waals surface area contributed by atoms with Crippen LogP contribution in [0.5, 0.6) is 0 Å². The monoisotopic (exact) mass is 304 g/mol. The summed E-state index contributed by atoms with van der Waals surface area (Å²) in [7, 11) is -3.63. The zero-order valence-corrected chi connectivity index (χ0v) is 12.8. The molecule has 2 atom stereocenters. The minimum atomic E-state index is -3.63. The van der Waals surface area contributed by atoms with Crippen molar-refractivity contribution in [3.63, 3.8) is 0 Å². The van der Waals surface area contributed by atoms with Gasteiger partial charge in [0, 0.05) is 6.61 Å². The fourth-order valence-corrected chi connectivity index (χ4v) is 5.76. The second kappa shape index (κ2) is 6.02. The van der Waals surface area contributed by atoms with E-state index in [9.17, 15) is 13.2 Å². The quantitative estimate of drug-likeness (QED) is 0.860. The van der Waals surface area contributed by atoms with Crippen molar-refractivity contribution in [2.45, 2.75) is 74.4 Å². The molecule has 5 nitrogen and oxygen atoms in total. The number of rotatable bonds is 4. The lowest BCUT2D eigenvalue weighted by Gasteiger charge is -2.43. The average Bonchev–Trinajstić information content (AvgIpc) is 2.39. The third kappa shape index (κ3) is 3.01. The summed E-state index contributed by atoms with van der Waals surface area (Å²) in [6, 6.07) is 0. The van der Waals surface area contributed by atoms with Gasteiger partial charge in [0.2, 0.25) is 0 Å². The number of carboxylic acid groups (broad SMARTS) is 1. The predicted molar refractivity (Wildman–Crippen MR) is 75.4 cm³/mol. The molecule has 1 spiro atoms. The van der Waals surface area contributed by atoms with Gasteiger partial charge in [-0.15, -0.1) is 0 Å². The lowest BCUT2D eigenvalue weighted by Crippen LogP contribution is -2.48. The smallest absolute Gasteiger partial charge is 0.321 e. The van der Waals surface area contributed by atoms with Gasteiger partial charge in [0.25, 0.3) is 0 Å². The first-order valence-corrected chi connectivity index (χ1v) is 9.12. The van der Waals surface area contributed by atoms with Gasteiger partial charge < -0.3 is 9.84 Å². The maximum absolute atomic E-state index is 12.5. The number of carbonyl (C=O) groups is 1. The largest absolute Gasteiger partial charge is 0.480 e. The van der Waals surface area contributed by atoms with E-state index in [1.54, 1.807) is 6.92 Å². The molecule has 0 bridgehead atoms. The normalized spacial score (nSPS) is 28.1. The van der Waals surface area contributed by atoms with Gasteiger partial charge in [-0.1, -0.05) is 26.2 Å². The highest BCUT2D eigenvalue weighted by atomic mass is 32.2. The zero-order chi connectivity index (χ0) is 14.8. The molecule has 1 N–H and O–H groups in total. The first kappa shape index (κ1) is 15.8. The molecular formula is C14H24O5S. The number of hydrogen-bond acceptors (Lipinski definition) is 4. The summed E-state index contributed by atoms with van der Waals surface area (Å²) in [5, 5.41) is 7.30. The molecule has 2 fully saturated rings. The van der Waals surface area contributed by atoms with Crippen LogP contribution in [0.25, 0.3) is 0 Å². The Labute approximate surface area is 120 Å². The summed E-state index contributed by atoms with van der Waals surface area (Å²) in [5.41, 5.74) is -0.314. The molecule has 0 amide bonds. The van der Waals surface area contributed by atoms with E-state index in [0.717, 1.165) is 25.7 Å². The molecule has 0 radical (unpaired) electrons. The molecule has 2 aliphatic rings. The molecule has 0 aromatic heterocycles. The Bertz CT molecular complexity index is 445. The molecule has 0 aromatic carbocycles. The van der Waals surface area contributed by atoms with Crippen LogP contribution in [0.15, 0.2) is 0 Å². The van der Waals surface area contributed by atoms with Crippen LogP contribution in [0.2, 0.25) is 0 Å². The van der Waals surface area contributed by atoms with Crippen molar-refractivity contribution in [3.8, 4) is 0 Å². The highest BCUT2D eigenvalue weighted by Crippen LogP contribution is 2.41. The molecular weight excluding hydrogens is 280 g/mol. The Balaban J connectivity index is 2.17. The van der Waals surface area contributed by atoms with Gasteiger partial charge in [0.1, 0.15) is 0 Å². The average molecular weight is 304 g/mol. The fourth-order valence-electron chi connectivity index (χ4n) is 3.59. The van der Waals surface area contributed by atoms with Crippen molar-refractivity contribution < 1.29 is 23.1 Å². The first-order valence-electron chi connectivity index (χ1n) is 7.51. The summed E-state index contributed by atoms with van der Waals surface area (Å²) in [6.45, 7) is 2.05. The summed E-state index contributed by atoms with van der Waals surface area (Å²) in [6.07, 6.45) is 6.15. The van der Waals surface area contributed by atoms with E-state index < -0.39 is 26.3 Å². The van der Waals surface area contributed by atoms with E-state index in [0.29, 0.717) is 19.4 Å². The first-order chi connectivity index (χ1) is 9.41. The third-order valence-corrected chi connectivity index (χ3v) is 7.38. The number of hydrogen-bond donors (Lipinski definition) is 1. The van der Waals surface area contributed by atoms with Gasteiger partial charge in [-0.3, -0.25) is 4.79 Å². The fraction of sp³-hybridized carbons (Fsp3) is 0.929. The van der Waals surface area contributed by atoms with Crippen LogP contribution in [-0.2, 0) is 19.4 Å². The lowest BCUT2D eigenvalue weighted by atomic mass is 9.80. The summed E-state index contributed by atoms with van der Waals surface area (Å²) in [5.74, 6) is -1.23. The molecule has 0 aromatic rings. The third-order valence-electron chi connectivity index (χ3n) is 4.72. The minimum absolute atomic E-state index is 0.127. The van der Waals surface area contributed by atoms with E-state index in [2.05, 4.69) is 0 Å². The van der Waals surface area contributed by atoms with Gasteiger partial charge in [0.05, 0.1) is 10.9 Å². The van der Waals surface area contributed by atoms with E-state index in [4.69, 9.17) is 9.84 Å². The van der Waals surface area contributed by atoms with Crippen molar-refractivity contribution in [2.24, 2.45) is 0 Å². The van der Waals surface area contributed by atoms with Gasteiger partial charge >= 0.3 is 5.97 Å². The molecule has 1 aliphatic heterocycles.